The van der Waals surface area contributed by atoms with Crippen LogP contribution in [0, 0.1) is 0 Å². The first-order chi connectivity index (χ1) is 23.1. The Balaban J connectivity index is 1.10. The highest BCUT2D eigenvalue weighted by atomic mass is 32.2. The van der Waals surface area contributed by atoms with Crippen LogP contribution >= 0.6 is 11.8 Å². The summed E-state index contributed by atoms with van der Waals surface area (Å²) in [4.78, 5) is 45.1. The maximum atomic E-state index is 12.9. The zero-order valence-corrected chi connectivity index (χ0v) is 28.2. The molecule has 11 heteroatoms. The first kappa shape index (κ1) is 30.6. The lowest BCUT2D eigenvalue weighted by Gasteiger charge is -2.27. The number of nitrogens with zero attached hydrogens (tertiary/aromatic N) is 4. The summed E-state index contributed by atoms with van der Waals surface area (Å²) < 4.78 is 5.68. The minimum Gasteiger partial charge on any atom is -0.465 e. The first-order valence-corrected chi connectivity index (χ1v) is 17.7. The SMILES string of the molecule is CS[C@H]1C[C@@H](c2nc3c(ccc4cc(-c5ccc6c(ccc7[nH]c([C@@H]8CCCN8C(=O)OC(C)(C)C)nc76)c5)ccc43)[nH]2)N(C(=O)O)C1. The molecule has 4 heterocycles. The number of aromatic nitrogens is 4. The van der Waals surface area contributed by atoms with Crippen LogP contribution in [0.4, 0.5) is 9.59 Å². The third-order valence-corrected chi connectivity index (χ3v) is 10.7. The summed E-state index contributed by atoms with van der Waals surface area (Å²) in [5.74, 6) is 1.49. The highest BCUT2D eigenvalue weighted by Crippen LogP contribution is 2.39. The Kier molecular flexibility index (Phi) is 7.28. The Bertz CT molecular complexity index is 2240. The normalized spacial score (nSPS) is 20.1. The average molecular weight is 663 g/mol. The fourth-order valence-corrected chi connectivity index (χ4v) is 8.03. The number of carbonyl (C=O) groups excluding carboxylic acids is 1. The van der Waals surface area contributed by atoms with Crippen molar-refractivity contribution in [2.45, 2.75) is 63.0 Å². The van der Waals surface area contributed by atoms with E-state index in [1.165, 1.54) is 4.90 Å². The lowest BCUT2D eigenvalue weighted by Crippen LogP contribution is -2.36. The Labute approximate surface area is 281 Å². The van der Waals surface area contributed by atoms with Crippen molar-refractivity contribution in [1.82, 2.24) is 29.7 Å². The number of benzene rings is 4. The molecule has 2 aliphatic heterocycles. The number of carboxylic acid groups (broad SMARTS) is 1. The molecule has 3 atom stereocenters. The van der Waals surface area contributed by atoms with Gasteiger partial charge in [0.25, 0.3) is 0 Å². The van der Waals surface area contributed by atoms with E-state index >= 15 is 0 Å². The Hall–Kier alpha value is -4.77. The summed E-state index contributed by atoms with van der Waals surface area (Å²) in [5.41, 5.74) is 5.25. The zero-order chi connectivity index (χ0) is 33.3. The number of hydrogen-bond donors (Lipinski definition) is 3. The molecule has 4 aromatic carbocycles. The van der Waals surface area contributed by atoms with Crippen LogP contribution in [0.15, 0.2) is 60.7 Å². The number of thioether (sulfide) groups is 1. The molecule has 2 saturated heterocycles. The molecule has 2 fully saturated rings. The minimum absolute atomic E-state index is 0.141. The molecule has 48 heavy (non-hydrogen) atoms. The predicted molar refractivity (Wildman–Crippen MR) is 191 cm³/mol. The van der Waals surface area contributed by atoms with E-state index in [0.29, 0.717) is 18.9 Å². The zero-order valence-electron chi connectivity index (χ0n) is 27.4. The number of amides is 2. The second-order valence-corrected chi connectivity index (χ2v) is 15.1. The monoisotopic (exact) mass is 662 g/mol. The molecule has 0 bridgehead atoms. The molecule has 6 aromatic rings. The Morgan fingerprint density at radius 2 is 1.44 bits per heavy atom. The fourth-order valence-electron chi connectivity index (χ4n) is 7.35. The van der Waals surface area contributed by atoms with E-state index in [1.807, 2.05) is 33.1 Å². The van der Waals surface area contributed by atoms with Gasteiger partial charge in [-0.1, -0.05) is 36.4 Å². The van der Waals surface area contributed by atoms with E-state index in [1.54, 1.807) is 16.7 Å². The number of imidazole rings is 2. The van der Waals surface area contributed by atoms with Gasteiger partial charge < -0.3 is 19.8 Å². The summed E-state index contributed by atoms with van der Waals surface area (Å²) in [6.07, 6.45) is 3.31. The van der Waals surface area contributed by atoms with Crippen LogP contribution in [0.3, 0.4) is 0 Å². The molecule has 3 N–H and O–H groups in total. The lowest BCUT2D eigenvalue weighted by atomic mass is 9.98. The number of H-pyrrole nitrogens is 2. The second kappa shape index (κ2) is 11.4. The van der Waals surface area contributed by atoms with Crippen molar-refractivity contribution in [3.05, 3.63) is 72.3 Å². The van der Waals surface area contributed by atoms with Crippen LogP contribution in [0.5, 0.6) is 0 Å². The molecule has 10 nitrogen and oxygen atoms in total. The smallest absolute Gasteiger partial charge is 0.410 e. The van der Waals surface area contributed by atoms with Crippen LogP contribution in [0.2, 0.25) is 0 Å². The summed E-state index contributed by atoms with van der Waals surface area (Å²) in [6, 6.07) is 20.8. The number of hydrogen-bond acceptors (Lipinski definition) is 6. The number of rotatable bonds is 4. The van der Waals surface area contributed by atoms with Gasteiger partial charge in [0.15, 0.2) is 0 Å². The quantitative estimate of drug-likeness (QED) is 0.172. The van der Waals surface area contributed by atoms with E-state index in [-0.39, 0.29) is 23.4 Å². The van der Waals surface area contributed by atoms with Gasteiger partial charge in [0.05, 0.1) is 34.2 Å². The van der Waals surface area contributed by atoms with Gasteiger partial charge in [-0.05, 0) is 92.5 Å². The third-order valence-electron chi connectivity index (χ3n) is 9.66. The molecule has 246 valence electrons. The molecule has 8 rings (SSSR count). The van der Waals surface area contributed by atoms with Crippen LogP contribution in [0.25, 0.3) is 54.7 Å². The van der Waals surface area contributed by atoms with Gasteiger partial charge in [0.1, 0.15) is 17.2 Å². The molecule has 0 aliphatic carbocycles. The van der Waals surface area contributed by atoms with Crippen molar-refractivity contribution < 1.29 is 19.4 Å². The van der Waals surface area contributed by atoms with Gasteiger partial charge >= 0.3 is 12.2 Å². The average Bonchev–Trinajstić information content (AvgIpc) is 3.87. The molecule has 2 aliphatic rings. The summed E-state index contributed by atoms with van der Waals surface area (Å²) >= 11 is 1.70. The van der Waals surface area contributed by atoms with Crippen LogP contribution in [0.1, 0.15) is 63.8 Å². The van der Waals surface area contributed by atoms with Gasteiger partial charge in [-0.15, -0.1) is 0 Å². The van der Waals surface area contributed by atoms with Crippen LogP contribution in [-0.4, -0.2) is 77.2 Å². The van der Waals surface area contributed by atoms with E-state index < -0.39 is 11.7 Å². The Morgan fingerprint density at radius 3 is 1.98 bits per heavy atom. The van der Waals surface area contributed by atoms with Crippen molar-refractivity contribution in [2.24, 2.45) is 0 Å². The summed E-state index contributed by atoms with van der Waals surface area (Å²) in [7, 11) is 0. The topological polar surface area (TPSA) is 127 Å². The third kappa shape index (κ3) is 5.30. The van der Waals surface area contributed by atoms with E-state index in [0.717, 1.165) is 79.8 Å². The lowest BCUT2D eigenvalue weighted by molar-refractivity contribution is 0.0219. The van der Waals surface area contributed by atoms with Crippen molar-refractivity contribution >= 4 is 67.6 Å². The number of nitrogens with one attached hydrogen (secondary N) is 2. The van der Waals surface area contributed by atoms with E-state index in [2.05, 4.69) is 64.6 Å². The summed E-state index contributed by atoms with van der Waals surface area (Å²) in [6.45, 7) is 6.82. The molecule has 0 spiro atoms. The van der Waals surface area contributed by atoms with Gasteiger partial charge in [-0.25, -0.2) is 19.6 Å². The van der Waals surface area contributed by atoms with E-state index in [4.69, 9.17) is 14.7 Å². The number of aromatic amines is 2. The summed E-state index contributed by atoms with van der Waals surface area (Å²) in [5, 5.41) is 14.3. The Morgan fingerprint density at radius 1 is 0.854 bits per heavy atom. The largest absolute Gasteiger partial charge is 0.465 e. The van der Waals surface area contributed by atoms with Crippen molar-refractivity contribution in [2.75, 3.05) is 19.3 Å². The molecule has 0 radical (unpaired) electrons. The standard InChI is InChI=1S/C37H38N6O4S/c1-37(2,3)47-36(46)42-15-5-6-29(42)33-38-27-13-9-22-16-20(7-11-25(22)31(27)40-33)21-8-12-26-23(17-21)10-14-28-32(26)41-34(39-28)30-18-24(48-4)19-43(30)35(44)45/h7-14,16-17,24,29-30H,5-6,15,18-19H2,1-4H3,(H,38,40)(H,39,41)(H,44,45)/t24-,29-,30-/m0/s1. The maximum Gasteiger partial charge on any atom is 0.410 e. The molecule has 2 amide bonds. The molecule has 0 unspecified atom stereocenters. The number of fused-ring (bicyclic) bond motifs is 6. The maximum absolute atomic E-state index is 12.9. The van der Waals surface area contributed by atoms with Crippen molar-refractivity contribution in [3.63, 3.8) is 0 Å². The number of likely N-dealkylation sites (tertiary alicyclic amines) is 2. The van der Waals surface area contributed by atoms with Crippen LogP contribution < -0.4 is 0 Å². The first-order valence-electron chi connectivity index (χ1n) is 16.4. The molecule has 2 aromatic heterocycles. The van der Waals surface area contributed by atoms with Gasteiger partial charge in [0, 0.05) is 29.1 Å². The molecule has 0 saturated carbocycles. The molecular weight excluding hydrogens is 625 g/mol. The fraction of sp³-hybridized carbons (Fsp3) is 0.351. The minimum atomic E-state index is -0.908. The van der Waals surface area contributed by atoms with Gasteiger partial charge in [-0.2, -0.15) is 11.8 Å². The predicted octanol–water partition coefficient (Wildman–Crippen LogP) is 8.64. The van der Waals surface area contributed by atoms with Gasteiger partial charge in [0.2, 0.25) is 0 Å². The highest BCUT2D eigenvalue weighted by molar-refractivity contribution is 7.99. The van der Waals surface area contributed by atoms with Crippen molar-refractivity contribution in [1.29, 1.82) is 0 Å². The van der Waals surface area contributed by atoms with Gasteiger partial charge in [-0.3, -0.25) is 9.80 Å². The molecular formula is C37H38N6O4S. The highest BCUT2D eigenvalue weighted by Gasteiger charge is 2.38. The van der Waals surface area contributed by atoms with Crippen LogP contribution in [-0.2, 0) is 4.74 Å². The number of ether oxygens (including phenoxy) is 1. The van der Waals surface area contributed by atoms with Crippen molar-refractivity contribution in [3.8, 4) is 11.1 Å². The number of carbonyl (C=O) groups is 2. The van der Waals surface area contributed by atoms with E-state index in [9.17, 15) is 14.7 Å². The second-order valence-electron chi connectivity index (χ2n) is 13.9.